The minimum atomic E-state index is -0.109. The summed E-state index contributed by atoms with van der Waals surface area (Å²) in [6.07, 6.45) is 4.84. The van der Waals surface area contributed by atoms with Gasteiger partial charge < -0.3 is 18.8 Å². The van der Waals surface area contributed by atoms with E-state index < -0.39 is 0 Å². The zero-order chi connectivity index (χ0) is 17.2. The highest BCUT2D eigenvalue weighted by molar-refractivity contribution is 5.95. The summed E-state index contributed by atoms with van der Waals surface area (Å²) in [5.74, 6) is 1.52. The minimum Gasteiger partial charge on any atom is -0.466 e. The van der Waals surface area contributed by atoms with E-state index in [0.29, 0.717) is 31.1 Å². The van der Waals surface area contributed by atoms with Gasteiger partial charge in [0.05, 0.1) is 24.9 Å². The Morgan fingerprint density at radius 1 is 1.54 bits per heavy atom. The van der Waals surface area contributed by atoms with Crippen LogP contribution in [0.1, 0.15) is 41.1 Å². The SMILES string of the molecule is C=CCOC[C@]12CCCO[C@H]1CCN(C(=O)c1cc(C)oc1C)C2. The number of carbonyl (C=O) groups excluding carboxylic acids is 1. The highest BCUT2D eigenvalue weighted by atomic mass is 16.5. The molecule has 0 bridgehead atoms. The van der Waals surface area contributed by atoms with Gasteiger partial charge in [-0.15, -0.1) is 6.58 Å². The van der Waals surface area contributed by atoms with Crippen molar-refractivity contribution in [3.05, 3.63) is 35.8 Å². The molecule has 2 aliphatic rings. The predicted octanol–water partition coefficient (Wildman–Crippen LogP) is 3.11. The van der Waals surface area contributed by atoms with E-state index in [2.05, 4.69) is 6.58 Å². The van der Waals surface area contributed by atoms with Crippen LogP contribution in [0.4, 0.5) is 0 Å². The van der Waals surface area contributed by atoms with Crippen LogP contribution in [0.15, 0.2) is 23.1 Å². The first-order valence-electron chi connectivity index (χ1n) is 8.72. The molecule has 1 amide bonds. The van der Waals surface area contributed by atoms with E-state index in [1.54, 1.807) is 6.08 Å². The highest BCUT2D eigenvalue weighted by Gasteiger charge is 2.47. The number of hydrogen-bond acceptors (Lipinski definition) is 4. The first-order valence-corrected chi connectivity index (χ1v) is 8.72. The van der Waals surface area contributed by atoms with Crippen LogP contribution in [0.25, 0.3) is 0 Å². The van der Waals surface area contributed by atoms with Crippen LogP contribution >= 0.6 is 0 Å². The van der Waals surface area contributed by atoms with Gasteiger partial charge in [-0.05, 0) is 39.2 Å². The Labute approximate surface area is 143 Å². The predicted molar refractivity (Wildman–Crippen MR) is 91.1 cm³/mol. The lowest BCUT2D eigenvalue weighted by Crippen LogP contribution is -2.58. The smallest absolute Gasteiger partial charge is 0.257 e. The summed E-state index contributed by atoms with van der Waals surface area (Å²) in [4.78, 5) is 14.9. The van der Waals surface area contributed by atoms with Crippen LogP contribution < -0.4 is 0 Å². The molecular weight excluding hydrogens is 306 g/mol. The maximum atomic E-state index is 12.9. The second kappa shape index (κ2) is 7.11. The monoisotopic (exact) mass is 333 g/mol. The Hall–Kier alpha value is -1.59. The third-order valence-corrected chi connectivity index (χ3v) is 5.17. The minimum absolute atomic E-state index is 0.0523. The second-order valence-electron chi connectivity index (χ2n) is 6.97. The van der Waals surface area contributed by atoms with E-state index >= 15 is 0 Å². The van der Waals surface area contributed by atoms with Crippen LogP contribution in [-0.4, -0.2) is 49.8 Å². The van der Waals surface area contributed by atoms with Crippen molar-refractivity contribution < 1.29 is 18.7 Å². The molecule has 24 heavy (non-hydrogen) atoms. The lowest BCUT2D eigenvalue weighted by atomic mass is 9.73. The summed E-state index contributed by atoms with van der Waals surface area (Å²) < 4.78 is 17.3. The number of carbonyl (C=O) groups is 1. The van der Waals surface area contributed by atoms with Crippen molar-refractivity contribution in [3.63, 3.8) is 0 Å². The van der Waals surface area contributed by atoms with Gasteiger partial charge in [0, 0.05) is 25.1 Å². The molecule has 5 nitrogen and oxygen atoms in total. The number of fused-ring (bicyclic) bond motifs is 1. The molecule has 132 valence electrons. The fourth-order valence-electron chi connectivity index (χ4n) is 4.03. The molecule has 2 atom stereocenters. The molecular formula is C19H27NO4. The lowest BCUT2D eigenvalue weighted by Gasteiger charge is -2.50. The summed E-state index contributed by atoms with van der Waals surface area (Å²) in [7, 11) is 0. The summed E-state index contributed by atoms with van der Waals surface area (Å²) >= 11 is 0. The van der Waals surface area contributed by atoms with Gasteiger partial charge in [-0.2, -0.15) is 0 Å². The number of nitrogens with zero attached hydrogens (tertiary/aromatic N) is 1. The van der Waals surface area contributed by atoms with E-state index in [-0.39, 0.29) is 17.4 Å². The fourth-order valence-corrected chi connectivity index (χ4v) is 4.03. The van der Waals surface area contributed by atoms with Crippen molar-refractivity contribution >= 4 is 5.91 Å². The maximum Gasteiger partial charge on any atom is 0.257 e. The van der Waals surface area contributed by atoms with E-state index in [4.69, 9.17) is 13.9 Å². The molecule has 3 rings (SSSR count). The van der Waals surface area contributed by atoms with Crippen molar-refractivity contribution in [2.45, 2.75) is 39.2 Å². The third kappa shape index (κ3) is 3.28. The van der Waals surface area contributed by atoms with Gasteiger partial charge in [-0.1, -0.05) is 6.08 Å². The number of piperidine rings is 1. The third-order valence-electron chi connectivity index (χ3n) is 5.17. The molecule has 5 heteroatoms. The highest BCUT2D eigenvalue weighted by Crippen LogP contribution is 2.41. The van der Waals surface area contributed by atoms with Crippen molar-refractivity contribution in [1.82, 2.24) is 4.90 Å². The van der Waals surface area contributed by atoms with Crippen molar-refractivity contribution in [2.24, 2.45) is 5.41 Å². The molecule has 0 N–H and O–H groups in total. The normalized spacial score (nSPS) is 26.9. The van der Waals surface area contributed by atoms with Crippen molar-refractivity contribution in [3.8, 4) is 0 Å². The van der Waals surface area contributed by atoms with Crippen LogP contribution in [0, 0.1) is 19.3 Å². The zero-order valence-electron chi connectivity index (χ0n) is 14.7. The molecule has 0 radical (unpaired) electrons. The number of aryl methyl sites for hydroxylation is 2. The van der Waals surface area contributed by atoms with Crippen LogP contribution in [0.3, 0.4) is 0 Å². The topological polar surface area (TPSA) is 51.9 Å². The second-order valence-corrected chi connectivity index (χ2v) is 6.97. The molecule has 2 saturated heterocycles. The standard InChI is InChI=1S/C19H27NO4/c1-4-9-22-13-19-7-5-10-23-17(19)6-8-20(12-19)18(21)16-11-14(2)24-15(16)3/h4,11,17H,1,5-10,12-13H2,2-3H3/t17-,19+/m0/s1. The van der Waals surface area contributed by atoms with Crippen LogP contribution in [0.5, 0.6) is 0 Å². The lowest BCUT2D eigenvalue weighted by molar-refractivity contribution is -0.144. The molecule has 1 aromatic rings. The average molecular weight is 333 g/mol. The fraction of sp³-hybridized carbons (Fsp3) is 0.632. The largest absolute Gasteiger partial charge is 0.466 e. The molecule has 0 aliphatic carbocycles. The molecule has 0 saturated carbocycles. The number of rotatable bonds is 5. The van der Waals surface area contributed by atoms with Gasteiger partial charge in [0.1, 0.15) is 11.5 Å². The molecule has 3 heterocycles. The number of amides is 1. The van der Waals surface area contributed by atoms with Gasteiger partial charge >= 0.3 is 0 Å². The Morgan fingerprint density at radius 3 is 3.08 bits per heavy atom. The molecule has 0 aromatic carbocycles. The Bertz CT molecular complexity index is 609. The number of furan rings is 1. The zero-order valence-corrected chi connectivity index (χ0v) is 14.7. The molecule has 2 fully saturated rings. The van der Waals surface area contributed by atoms with E-state index in [9.17, 15) is 4.79 Å². The summed E-state index contributed by atoms with van der Waals surface area (Å²) in [5.41, 5.74) is 0.562. The number of ether oxygens (including phenoxy) is 2. The van der Waals surface area contributed by atoms with E-state index in [0.717, 1.165) is 38.2 Å². The molecule has 0 spiro atoms. The Balaban J connectivity index is 1.77. The Morgan fingerprint density at radius 2 is 2.38 bits per heavy atom. The van der Waals surface area contributed by atoms with Gasteiger partial charge in [0.15, 0.2) is 0 Å². The van der Waals surface area contributed by atoms with E-state index in [1.807, 2.05) is 24.8 Å². The van der Waals surface area contributed by atoms with Gasteiger partial charge in [-0.25, -0.2) is 0 Å². The van der Waals surface area contributed by atoms with Gasteiger partial charge in [0.2, 0.25) is 0 Å². The summed E-state index contributed by atoms with van der Waals surface area (Å²) in [5, 5.41) is 0. The first-order chi connectivity index (χ1) is 11.6. The number of hydrogen-bond donors (Lipinski definition) is 0. The summed E-state index contributed by atoms with van der Waals surface area (Å²) in [6.45, 7) is 10.8. The quantitative estimate of drug-likeness (QED) is 0.614. The Kier molecular flexibility index (Phi) is 5.11. The molecule has 2 aliphatic heterocycles. The average Bonchev–Trinajstić information content (AvgIpc) is 2.92. The maximum absolute atomic E-state index is 12.9. The van der Waals surface area contributed by atoms with Crippen LogP contribution in [0.2, 0.25) is 0 Å². The van der Waals surface area contributed by atoms with Gasteiger partial charge in [0.25, 0.3) is 5.91 Å². The molecule has 0 unspecified atom stereocenters. The van der Waals surface area contributed by atoms with E-state index in [1.165, 1.54) is 0 Å². The van der Waals surface area contributed by atoms with Crippen molar-refractivity contribution in [1.29, 1.82) is 0 Å². The summed E-state index contributed by atoms with van der Waals surface area (Å²) in [6, 6.07) is 1.84. The van der Waals surface area contributed by atoms with Gasteiger partial charge in [-0.3, -0.25) is 4.79 Å². The molecule has 1 aromatic heterocycles. The number of likely N-dealkylation sites (tertiary alicyclic amines) is 1. The van der Waals surface area contributed by atoms with Crippen LogP contribution in [-0.2, 0) is 9.47 Å². The first kappa shape index (κ1) is 17.2. The van der Waals surface area contributed by atoms with Crippen molar-refractivity contribution in [2.75, 3.05) is 32.9 Å².